The highest BCUT2D eigenvalue weighted by atomic mass is 16.2. The Balaban J connectivity index is 1.47. The molecule has 1 saturated heterocycles. The number of nitrogens with zero attached hydrogens (tertiary/aromatic N) is 3. The van der Waals surface area contributed by atoms with Gasteiger partial charge in [0.05, 0.1) is 6.54 Å². The molecule has 0 aliphatic carbocycles. The number of urea groups is 1. The fraction of sp³-hybridized carbons (Fsp3) is 0.643. The van der Waals surface area contributed by atoms with Crippen LogP contribution in [0.1, 0.15) is 43.8 Å². The van der Waals surface area contributed by atoms with Crippen molar-refractivity contribution in [2.45, 2.75) is 57.7 Å². The number of imide groups is 1. The first-order valence-electron chi connectivity index (χ1n) is 7.92. The standard InChI is InChI=1S/C14H20N6O3/c21-12(6-5-9-13(22)17-14(23)16-9)15-8-11-19-18-10-4-2-1-3-7-20(10)11/h9H,1-8H2,(H,15,21)(H2,16,17,22,23)/t9-/m1/s1. The van der Waals surface area contributed by atoms with Crippen molar-refractivity contribution in [3.8, 4) is 0 Å². The summed E-state index contributed by atoms with van der Waals surface area (Å²) >= 11 is 0. The first-order valence-corrected chi connectivity index (χ1v) is 7.92. The minimum absolute atomic E-state index is 0.166. The van der Waals surface area contributed by atoms with E-state index in [0.29, 0.717) is 6.54 Å². The second kappa shape index (κ2) is 6.76. The third-order valence-corrected chi connectivity index (χ3v) is 4.15. The van der Waals surface area contributed by atoms with Crippen LogP contribution in [0.3, 0.4) is 0 Å². The highest BCUT2D eigenvalue weighted by molar-refractivity contribution is 6.04. The summed E-state index contributed by atoms with van der Waals surface area (Å²) in [6.45, 7) is 1.22. The number of aryl methyl sites for hydroxylation is 1. The van der Waals surface area contributed by atoms with Crippen molar-refractivity contribution in [1.29, 1.82) is 0 Å². The van der Waals surface area contributed by atoms with Crippen LogP contribution in [0.2, 0.25) is 0 Å². The summed E-state index contributed by atoms with van der Waals surface area (Å²) in [6.07, 6.45) is 4.78. The molecular weight excluding hydrogens is 300 g/mol. The normalized spacial score (nSPS) is 20.4. The van der Waals surface area contributed by atoms with Gasteiger partial charge < -0.3 is 15.2 Å². The maximum Gasteiger partial charge on any atom is 0.322 e. The summed E-state index contributed by atoms with van der Waals surface area (Å²) in [5.41, 5.74) is 0. The van der Waals surface area contributed by atoms with Crippen LogP contribution in [0.4, 0.5) is 4.79 Å². The highest BCUT2D eigenvalue weighted by Crippen LogP contribution is 2.14. The van der Waals surface area contributed by atoms with Crippen LogP contribution in [0, 0.1) is 0 Å². The molecule has 2 aliphatic heterocycles. The molecule has 0 aromatic carbocycles. The molecule has 0 spiro atoms. The molecule has 1 aromatic heterocycles. The summed E-state index contributed by atoms with van der Waals surface area (Å²) in [6, 6.07) is -1.14. The van der Waals surface area contributed by atoms with Gasteiger partial charge >= 0.3 is 6.03 Å². The van der Waals surface area contributed by atoms with Crippen LogP contribution in [0.15, 0.2) is 0 Å². The van der Waals surface area contributed by atoms with Crippen LogP contribution >= 0.6 is 0 Å². The van der Waals surface area contributed by atoms with Crippen LogP contribution < -0.4 is 16.0 Å². The van der Waals surface area contributed by atoms with Crippen molar-refractivity contribution < 1.29 is 14.4 Å². The lowest BCUT2D eigenvalue weighted by Gasteiger charge is -2.09. The zero-order valence-electron chi connectivity index (χ0n) is 12.8. The molecule has 0 saturated carbocycles. The maximum absolute atomic E-state index is 11.9. The number of rotatable bonds is 5. The summed E-state index contributed by atoms with van der Waals surface area (Å²) in [5, 5.41) is 15.7. The van der Waals surface area contributed by atoms with Gasteiger partial charge in [0, 0.05) is 19.4 Å². The zero-order chi connectivity index (χ0) is 16.2. The van der Waals surface area contributed by atoms with Gasteiger partial charge in [0.15, 0.2) is 5.82 Å². The van der Waals surface area contributed by atoms with Crippen molar-refractivity contribution in [2.75, 3.05) is 0 Å². The Hall–Kier alpha value is -2.45. The van der Waals surface area contributed by atoms with Crippen molar-refractivity contribution in [3.05, 3.63) is 11.6 Å². The van der Waals surface area contributed by atoms with Crippen molar-refractivity contribution in [3.63, 3.8) is 0 Å². The van der Waals surface area contributed by atoms with Gasteiger partial charge in [0.25, 0.3) is 5.91 Å². The molecule has 1 atom stereocenters. The summed E-state index contributed by atoms with van der Waals surface area (Å²) in [5.74, 6) is 1.19. The number of hydrogen-bond acceptors (Lipinski definition) is 5. The largest absolute Gasteiger partial charge is 0.349 e. The van der Waals surface area contributed by atoms with Crippen LogP contribution in [0.5, 0.6) is 0 Å². The minimum Gasteiger partial charge on any atom is -0.349 e. The molecule has 3 rings (SSSR count). The third kappa shape index (κ3) is 3.66. The Morgan fingerprint density at radius 1 is 1.26 bits per heavy atom. The average Bonchev–Trinajstić information content (AvgIpc) is 2.96. The lowest BCUT2D eigenvalue weighted by Crippen LogP contribution is -2.32. The van der Waals surface area contributed by atoms with Gasteiger partial charge in [-0.2, -0.15) is 0 Å². The number of amides is 4. The number of nitrogens with one attached hydrogen (secondary N) is 3. The molecule has 124 valence electrons. The minimum atomic E-state index is -0.627. The van der Waals surface area contributed by atoms with E-state index in [1.165, 1.54) is 6.42 Å². The Morgan fingerprint density at radius 3 is 2.91 bits per heavy atom. The van der Waals surface area contributed by atoms with Crippen LogP contribution in [0.25, 0.3) is 0 Å². The van der Waals surface area contributed by atoms with E-state index in [4.69, 9.17) is 0 Å². The molecule has 1 fully saturated rings. The van der Waals surface area contributed by atoms with E-state index in [1.54, 1.807) is 0 Å². The second-order valence-electron chi connectivity index (χ2n) is 5.83. The van der Waals surface area contributed by atoms with Gasteiger partial charge in [-0.25, -0.2) is 4.79 Å². The van der Waals surface area contributed by atoms with Crippen LogP contribution in [-0.4, -0.2) is 38.7 Å². The lowest BCUT2D eigenvalue weighted by atomic mass is 10.1. The Bertz CT molecular complexity index is 626. The summed E-state index contributed by atoms with van der Waals surface area (Å²) < 4.78 is 2.08. The van der Waals surface area contributed by atoms with Gasteiger partial charge in [-0.15, -0.1) is 10.2 Å². The van der Waals surface area contributed by atoms with Gasteiger partial charge in [-0.1, -0.05) is 6.42 Å². The SMILES string of the molecule is O=C(CC[C@H]1NC(=O)NC1=O)NCc1nnc2n1CCCCC2. The predicted octanol–water partition coefficient (Wildman–Crippen LogP) is -0.391. The molecule has 3 heterocycles. The second-order valence-corrected chi connectivity index (χ2v) is 5.83. The first kappa shape index (κ1) is 15.4. The van der Waals surface area contributed by atoms with Crippen molar-refractivity contribution in [1.82, 2.24) is 30.7 Å². The predicted molar refractivity (Wildman–Crippen MR) is 79.1 cm³/mol. The van der Waals surface area contributed by atoms with E-state index in [1.807, 2.05) is 0 Å². The fourth-order valence-corrected chi connectivity index (χ4v) is 2.88. The van der Waals surface area contributed by atoms with Crippen molar-refractivity contribution in [2.24, 2.45) is 0 Å². The smallest absolute Gasteiger partial charge is 0.322 e. The molecule has 23 heavy (non-hydrogen) atoms. The van der Waals surface area contributed by atoms with E-state index in [2.05, 4.69) is 30.7 Å². The molecule has 0 radical (unpaired) electrons. The summed E-state index contributed by atoms with van der Waals surface area (Å²) in [4.78, 5) is 34.3. The Morgan fingerprint density at radius 2 is 2.13 bits per heavy atom. The van der Waals surface area contributed by atoms with Crippen LogP contribution in [-0.2, 0) is 29.1 Å². The lowest BCUT2D eigenvalue weighted by molar-refractivity contribution is -0.122. The van der Waals surface area contributed by atoms with E-state index < -0.39 is 12.1 Å². The highest BCUT2D eigenvalue weighted by Gasteiger charge is 2.29. The average molecular weight is 320 g/mol. The molecule has 9 heteroatoms. The molecule has 2 aliphatic rings. The Labute approximate surface area is 133 Å². The van der Waals surface area contributed by atoms with Crippen molar-refractivity contribution >= 4 is 17.8 Å². The summed E-state index contributed by atoms with van der Waals surface area (Å²) in [7, 11) is 0. The fourth-order valence-electron chi connectivity index (χ4n) is 2.88. The molecule has 0 bridgehead atoms. The molecule has 4 amide bonds. The molecule has 1 aromatic rings. The van der Waals surface area contributed by atoms with Gasteiger partial charge in [-0.3, -0.25) is 14.9 Å². The third-order valence-electron chi connectivity index (χ3n) is 4.15. The van der Waals surface area contributed by atoms with Gasteiger partial charge in [0.2, 0.25) is 5.91 Å². The van der Waals surface area contributed by atoms with E-state index in [0.717, 1.165) is 37.5 Å². The number of fused-ring (bicyclic) bond motifs is 1. The first-order chi connectivity index (χ1) is 11.1. The number of hydrogen-bond donors (Lipinski definition) is 3. The topological polar surface area (TPSA) is 118 Å². The van der Waals surface area contributed by atoms with Gasteiger partial charge in [0.1, 0.15) is 11.9 Å². The molecular formula is C14H20N6O3. The number of carbonyl (C=O) groups is 3. The van der Waals surface area contributed by atoms with E-state index >= 15 is 0 Å². The number of carbonyl (C=O) groups excluding carboxylic acids is 3. The zero-order valence-corrected chi connectivity index (χ0v) is 12.8. The quantitative estimate of drug-likeness (QED) is 0.639. The van der Waals surface area contributed by atoms with Gasteiger partial charge in [-0.05, 0) is 19.3 Å². The molecule has 0 unspecified atom stereocenters. The monoisotopic (exact) mass is 320 g/mol. The van der Waals surface area contributed by atoms with E-state index in [9.17, 15) is 14.4 Å². The molecule has 9 nitrogen and oxygen atoms in total. The number of aromatic nitrogens is 3. The van der Waals surface area contributed by atoms with E-state index in [-0.39, 0.29) is 24.7 Å². The Kier molecular flexibility index (Phi) is 4.54. The molecule has 3 N–H and O–H groups in total. The maximum atomic E-state index is 11.9.